The lowest BCUT2D eigenvalue weighted by atomic mass is 10.1. The van der Waals surface area contributed by atoms with Crippen LogP contribution in [0, 0.1) is 25.7 Å². The smallest absolute Gasteiger partial charge is 0.237 e. The molecule has 0 aromatic heterocycles. The van der Waals surface area contributed by atoms with Crippen molar-refractivity contribution in [2.45, 2.75) is 24.5 Å². The summed E-state index contributed by atoms with van der Waals surface area (Å²) in [7, 11) is 3.28. The highest BCUT2D eigenvalue weighted by Gasteiger charge is 2.14. The van der Waals surface area contributed by atoms with E-state index in [0.29, 0.717) is 5.56 Å². The monoisotopic (exact) mass is 416 g/mol. The number of rotatable bonds is 6. The molecule has 0 fully saturated rings. The van der Waals surface area contributed by atoms with Crippen molar-refractivity contribution in [1.82, 2.24) is 0 Å². The van der Waals surface area contributed by atoms with E-state index in [1.54, 1.807) is 26.0 Å². The van der Waals surface area contributed by atoms with Crippen LogP contribution < -0.4 is 9.47 Å². The highest BCUT2D eigenvalue weighted by atomic mass is 32.2. The van der Waals surface area contributed by atoms with Crippen molar-refractivity contribution in [3.8, 4) is 23.3 Å². The van der Waals surface area contributed by atoms with Gasteiger partial charge >= 0.3 is 0 Å². The number of thioether (sulfide) groups is 1. The first kappa shape index (κ1) is 21.5. The molecule has 4 heteroatoms. The van der Waals surface area contributed by atoms with Crippen molar-refractivity contribution in [1.29, 1.82) is 0 Å². The molecule has 0 radical (unpaired) electrons. The van der Waals surface area contributed by atoms with Crippen molar-refractivity contribution in [2.75, 3.05) is 14.2 Å². The van der Waals surface area contributed by atoms with Gasteiger partial charge in [-0.1, -0.05) is 36.3 Å². The Balaban J connectivity index is 1.89. The molecule has 3 aromatic rings. The summed E-state index contributed by atoms with van der Waals surface area (Å²) >= 11 is 1.61. The van der Waals surface area contributed by atoms with E-state index in [1.807, 2.05) is 62.4 Å². The number of carbonyl (C=O) groups is 1. The summed E-state index contributed by atoms with van der Waals surface area (Å²) in [6, 6.07) is 19.6. The van der Waals surface area contributed by atoms with Crippen LogP contribution in [-0.2, 0) is 5.75 Å². The number of benzene rings is 3. The van der Waals surface area contributed by atoms with Gasteiger partial charge in [0.25, 0.3) is 0 Å². The van der Waals surface area contributed by atoms with Gasteiger partial charge in [0.05, 0.1) is 14.2 Å². The molecule has 0 atom stereocenters. The van der Waals surface area contributed by atoms with Crippen molar-refractivity contribution >= 4 is 17.5 Å². The predicted molar refractivity (Wildman–Crippen MR) is 123 cm³/mol. The van der Waals surface area contributed by atoms with E-state index in [0.717, 1.165) is 38.8 Å². The number of carbonyl (C=O) groups excluding carboxylic acids is 1. The Morgan fingerprint density at radius 3 is 2.27 bits per heavy atom. The molecule has 30 heavy (non-hydrogen) atoms. The molecule has 0 aliphatic carbocycles. The van der Waals surface area contributed by atoms with Crippen LogP contribution in [0.1, 0.15) is 32.6 Å². The van der Waals surface area contributed by atoms with Gasteiger partial charge < -0.3 is 9.47 Å². The third kappa shape index (κ3) is 5.25. The highest BCUT2D eigenvalue weighted by molar-refractivity contribution is 7.98. The van der Waals surface area contributed by atoms with Crippen molar-refractivity contribution in [3.05, 3.63) is 88.5 Å². The fraction of sp³-hybridized carbons (Fsp3) is 0.192. The van der Waals surface area contributed by atoms with Gasteiger partial charge in [-0.3, -0.25) is 4.79 Å². The summed E-state index contributed by atoms with van der Waals surface area (Å²) in [5, 5.41) is 0. The van der Waals surface area contributed by atoms with Gasteiger partial charge in [-0.15, -0.1) is 11.8 Å². The predicted octanol–water partition coefficient (Wildman–Crippen LogP) is 5.85. The number of hydrogen-bond acceptors (Lipinski definition) is 4. The van der Waals surface area contributed by atoms with Gasteiger partial charge in [-0.25, -0.2) is 0 Å². The summed E-state index contributed by atoms with van der Waals surface area (Å²) in [6.07, 6.45) is 0. The second kappa shape index (κ2) is 10.0. The maximum Gasteiger partial charge on any atom is 0.237 e. The minimum absolute atomic E-state index is 0.204. The first-order valence-corrected chi connectivity index (χ1v) is 10.6. The van der Waals surface area contributed by atoms with Crippen molar-refractivity contribution < 1.29 is 14.3 Å². The molecule has 0 saturated heterocycles. The van der Waals surface area contributed by atoms with E-state index in [2.05, 4.69) is 24.0 Å². The topological polar surface area (TPSA) is 35.5 Å². The Morgan fingerprint density at radius 2 is 1.60 bits per heavy atom. The molecule has 0 heterocycles. The van der Waals surface area contributed by atoms with E-state index >= 15 is 0 Å². The third-order valence-corrected chi connectivity index (χ3v) is 5.82. The second-order valence-corrected chi connectivity index (χ2v) is 7.87. The lowest BCUT2D eigenvalue weighted by Gasteiger charge is -2.11. The van der Waals surface area contributed by atoms with Crippen molar-refractivity contribution in [3.63, 3.8) is 0 Å². The Morgan fingerprint density at radius 1 is 0.900 bits per heavy atom. The van der Waals surface area contributed by atoms with E-state index in [4.69, 9.17) is 9.47 Å². The van der Waals surface area contributed by atoms with Crippen molar-refractivity contribution in [2.24, 2.45) is 0 Å². The third-order valence-electron chi connectivity index (χ3n) is 4.69. The fourth-order valence-corrected chi connectivity index (χ4v) is 4.09. The molecule has 0 unspecified atom stereocenters. The SMILES string of the molecule is COc1ccc(C#CC(=O)c2cc(C)c(OC)cc2SCc2ccccc2)cc1C. The van der Waals surface area contributed by atoms with E-state index < -0.39 is 0 Å². The molecule has 3 aromatic carbocycles. The number of ether oxygens (including phenoxy) is 2. The molecule has 0 saturated carbocycles. The Labute approximate surface area is 182 Å². The second-order valence-electron chi connectivity index (χ2n) is 6.86. The van der Waals surface area contributed by atoms with Crippen LogP contribution >= 0.6 is 11.8 Å². The van der Waals surface area contributed by atoms with Gasteiger partial charge in [0.15, 0.2) is 0 Å². The van der Waals surface area contributed by atoms with Gasteiger partial charge in [-0.2, -0.15) is 0 Å². The molecular formula is C26H24O3S. The number of hydrogen-bond donors (Lipinski definition) is 0. The molecule has 152 valence electrons. The molecule has 0 N–H and O–H groups in total. The lowest BCUT2D eigenvalue weighted by molar-refractivity contribution is 0.105. The zero-order chi connectivity index (χ0) is 21.5. The zero-order valence-corrected chi connectivity index (χ0v) is 18.4. The fourth-order valence-electron chi connectivity index (χ4n) is 3.07. The number of ketones is 1. The van der Waals surface area contributed by atoms with Gasteiger partial charge in [0, 0.05) is 21.8 Å². The molecular weight excluding hydrogens is 392 g/mol. The minimum Gasteiger partial charge on any atom is -0.496 e. The Bertz CT molecular complexity index is 1110. The molecule has 3 nitrogen and oxygen atoms in total. The van der Waals surface area contributed by atoms with E-state index in [1.165, 1.54) is 5.56 Å². The molecule has 0 amide bonds. The molecule has 0 spiro atoms. The molecule has 0 aliphatic rings. The summed E-state index contributed by atoms with van der Waals surface area (Å²) < 4.78 is 10.7. The maximum atomic E-state index is 13.0. The summed E-state index contributed by atoms with van der Waals surface area (Å²) in [4.78, 5) is 13.8. The molecule has 0 bridgehead atoms. The van der Waals surface area contributed by atoms with Crippen LogP contribution in [0.3, 0.4) is 0 Å². The number of Topliss-reactive ketones (excluding diaryl/α,β-unsaturated/α-hetero) is 1. The van der Waals surface area contributed by atoms with Gasteiger partial charge in [0.2, 0.25) is 5.78 Å². The number of methoxy groups -OCH3 is 2. The average Bonchev–Trinajstić information content (AvgIpc) is 2.77. The largest absolute Gasteiger partial charge is 0.496 e. The lowest BCUT2D eigenvalue weighted by Crippen LogP contribution is -2.01. The van der Waals surface area contributed by atoms with Crippen LogP contribution in [0.4, 0.5) is 0 Å². The maximum absolute atomic E-state index is 13.0. The van der Waals surface area contributed by atoms with Crippen LogP contribution in [0.2, 0.25) is 0 Å². The standard InChI is InChI=1S/C26H24O3S/c1-18-14-20(11-13-24(18)28-3)10-12-23(27)22-15-19(2)25(29-4)16-26(22)30-17-21-8-6-5-7-9-21/h5-9,11,13-16H,17H2,1-4H3. The minimum atomic E-state index is -0.204. The van der Waals surface area contributed by atoms with Crippen LogP contribution in [0.15, 0.2) is 65.6 Å². The first-order valence-electron chi connectivity index (χ1n) is 9.58. The molecule has 3 rings (SSSR count). The van der Waals surface area contributed by atoms with Crippen LogP contribution in [-0.4, -0.2) is 20.0 Å². The van der Waals surface area contributed by atoms with Gasteiger partial charge in [0.1, 0.15) is 11.5 Å². The van der Waals surface area contributed by atoms with Gasteiger partial charge in [-0.05, 0) is 66.8 Å². The molecule has 0 aliphatic heterocycles. The first-order chi connectivity index (χ1) is 14.5. The van der Waals surface area contributed by atoms with E-state index in [9.17, 15) is 4.79 Å². The van der Waals surface area contributed by atoms with Crippen LogP contribution in [0.5, 0.6) is 11.5 Å². The Kier molecular flexibility index (Phi) is 7.21. The normalized spacial score (nSPS) is 10.1. The summed E-state index contributed by atoms with van der Waals surface area (Å²) in [5.74, 6) is 7.91. The van der Waals surface area contributed by atoms with Crippen LogP contribution in [0.25, 0.3) is 0 Å². The number of aryl methyl sites for hydroxylation is 2. The Hall–Kier alpha value is -3.16. The summed E-state index contributed by atoms with van der Waals surface area (Å²) in [5.41, 5.74) is 4.47. The highest BCUT2D eigenvalue weighted by Crippen LogP contribution is 2.32. The quantitative estimate of drug-likeness (QED) is 0.287. The summed E-state index contributed by atoms with van der Waals surface area (Å²) in [6.45, 7) is 3.89. The van der Waals surface area contributed by atoms with E-state index in [-0.39, 0.29) is 5.78 Å². The zero-order valence-electron chi connectivity index (χ0n) is 17.6. The average molecular weight is 417 g/mol.